The predicted molar refractivity (Wildman–Crippen MR) is 82.3 cm³/mol. The third-order valence-corrected chi connectivity index (χ3v) is 3.02. The molecule has 0 bridgehead atoms. The summed E-state index contributed by atoms with van der Waals surface area (Å²) in [5, 5.41) is 4.22. The van der Waals surface area contributed by atoms with Crippen LogP contribution < -0.4 is 5.73 Å². The lowest BCUT2D eigenvalue weighted by molar-refractivity contribution is 0.0457. The first kappa shape index (κ1) is 15.1. The minimum atomic E-state index is -0.401. The highest BCUT2D eigenvalue weighted by molar-refractivity contribution is 5.87. The highest BCUT2D eigenvalue weighted by atomic mass is 16.5. The average Bonchev–Trinajstić information content (AvgIpc) is 2.86. The number of nitrogens with two attached hydrogens (primary N) is 1. The molecule has 5 nitrogen and oxygen atoms in total. The first-order valence-electron chi connectivity index (χ1n) is 6.94. The molecule has 2 N–H and O–H groups in total. The fraction of sp³-hybridized carbons (Fsp3) is 0.375. The molecule has 0 fully saturated rings. The highest BCUT2D eigenvalue weighted by Crippen LogP contribution is 2.18. The number of ether oxygens (including phenoxy) is 1. The molecule has 0 aliphatic heterocycles. The van der Waals surface area contributed by atoms with Crippen molar-refractivity contribution in [3.63, 3.8) is 0 Å². The summed E-state index contributed by atoms with van der Waals surface area (Å²) in [4.78, 5) is 11.9. The largest absolute Gasteiger partial charge is 0.461 e. The second kappa shape index (κ2) is 5.99. The van der Waals surface area contributed by atoms with Gasteiger partial charge >= 0.3 is 5.97 Å². The number of nitrogen functional groups attached to an aromatic ring is 1. The van der Waals surface area contributed by atoms with Gasteiger partial charge in [0.05, 0.1) is 12.3 Å². The van der Waals surface area contributed by atoms with Crippen LogP contribution in [0.5, 0.6) is 0 Å². The Hall–Kier alpha value is -2.30. The van der Waals surface area contributed by atoms with Gasteiger partial charge < -0.3 is 10.5 Å². The maximum Gasteiger partial charge on any atom is 0.358 e. The summed E-state index contributed by atoms with van der Waals surface area (Å²) in [6.07, 6.45) is 2.53. The van der Waals surface area contributed by atoms with Crippen LogP contribution in [0, 0.1) is 5.41 Å². The number of benzene rings is 1. The van der Waals surface area contributed by atoms with Gasteiger partial charge in [0.1, 0.15) is 0 Å². The van der Waals surface area contributed by atoms with E-state index < -0.39 is 5.97 Å². The number of carbonyl (C=O) groups is 1. The van der Waals surface area contributed by atoms with E-state index in [-0.39, 0.29) is 5.41 Å². The zero-order valence-electron chi connectivity index (χ0n) is 12.7. The summed E-state index contributed by atoms with van der Waals surface area (Å²) in [6, 6.07) is 8.95. The molecule has 5 heteroatoms. The highest BCUT2D eigenvalue weighted by Gasteiger charge is 2.15. The van der Waals surface area contributed by atoms with Gasteiger partial charge in [-0.05, 0) is 36.1 Å². The number of rotatable bonds is 4. The molecular formula is C16H21N3O2. The summed E-state index contributed by atoms with van der Waals surface area (Å²) < 4.78 is 6.85. The van der Waals surface area contributed by atoms with Gasteiger partial charge in [0.15, 0.2) is 5.69 Å². The summed E-state index contributed by atoms with van der Waals surface area (Å²) in [7, 11) is 0. The molecule has 0 unspecified atom stereocenters. The van der Waals surface area contributed by atoms with Crippen molar-refractivity contribution in [2.45, 2.75) is 27.2 Å². The number of carbonyl (C=O) groups excluding carboxylic acids is 1. The van der Waals surface area contributed by atoms with Crippen LogP contribution in [0.2, 0.25) is 0 Å². The molecule has 112 valence electrons. The summed E-state index contributed by atoms with van der Waals surface area (Å²) in [6.45, 7) is 6.72. The molecule has 0 aliphatic rings. The van der Waals surface area contributed by atoms with Crippen molar-refractivity contribution >= 4 is 11.7 Å². The van der Waals surface area contributed by atoms with E-state index >= 15 is 0 Å². The van der Waals surface area contributed by atoms with Crippen LogP contribution in [-0.4, -0.2) is 22.4 Å². The molecule has 0 spiro atoms. The quantitative estimate of drug-likeness (QED) is 0.693. The number of aromatic nitrogens is 2. The van der Waals surface area contributed by atoms with Crippen LogP contribution in [0.3, 0.4) is 0 Å². The Kier molecular flexibility index (Phi) is 4.31. The molecule has 1 aromatic carbocycles. The first-order chi connectivity index (χ1) is 9.85. The third-order valence-electron chi connectivity index (χ3n) is 3.02. The summed E-state index contributed by atoms with van der Waals surface area (Å²) in [5.74, 6) is -0.401. The standard InChI is InChI=1S/C16H21N3O2/c1-16(2,3)8-10-21-15(20)14-7-9-19(18-14)13-6-4-5-12(17)11-13/h4-7,9,11H,8,10,17H2,1-3H3. The molecular weight excluding hydrogens is 266 g/mol. The molecule has 2 aromatic rings. The molecule has 2 rings (SSSR count). The van der Waals surface area contributed by atoms with E-state index in [0.717, 1.165) is 12.1 Å². The minimum absolute atomic E-state index is 0.140. The second-order valence-electron chi connectivity index (χ2n) is 6.19. The zero-order valence-corrected chi connectivity index (χ0v) is 12.7. The number of anilines is 1. The van der Waals surface area contributed by atoms with E-state index in [1.54, 1.807) is 29.1 Å². The van der Waals surface area contributed by atoms with E-state index in [0.29, 0.717) is 18.0 Å². The SMILES string of the molecule is CC(C)(C)CCOC(=O)c1ccn(-c2cccc(N)c2)n1. The molecule has 0 aliphatic carbocycles. The van der Waals surface area contributed by atoms with Crippen LogP contribution in [0.4, 0.5) is 5.69 Å². The predicted octanol–water partition coefficient (Wildman–Crippen LogP) is 3.05. The van der Waals surface area contributed by atoms with E-state index in [1.807, 2.05) is 12.1 Å². The van der Waals surface area contributed by atoms with Gasteiger partial charge in [-0.2, -0.15) is 5.10 Å². The molecule has 1 heterocycles. The van der Waals surface area contributed by atoms with Gasteiger partial charge in [0.2, 0.25) is 0 Å². The lowest BCUT2D eigenvalue weighted by Crippen LogP contribution is -2.13. The lowest BCUT2D eigenvalue weighted by atomic mass is 9.93. The smallest absolute Gasteiger partial charge is 0.358 e. The van der Waals surface area contributed by atoms with Gasteiger partial charge in [0, 0.05) is 11.9 Å². The number of esters is 1. The number of hydrogen-bond acceptors (Lipinski definition) is 4. The fourth-order valence-electron chi connectivity index (χ4n) is 1.77. The van der Waals surface area contributed by atoms with Crippen LogP contribution >= 0.6 is 0 Å². The maximum absolute atomic E-state index is 11.9. The second-order valence-corrected chi connectivity index (χ2v) is 6.19. The summed E-state index contributed by atoms with van der Waals surface area (Å²) in [5.41, 5.74) is 7.63. The minimum Gasteiger partial charge on any atom is -0.461 e. The summed E-state index contributed by atoms with van der Waals surface area (Å²) >= 11 is 0. The Bertz CT molecular complexity index is 626. The van der Waals surface area contributed by atoms with Crippen molar-refractivity contribution < 1.29 is 9.53 Å². The molecule has 0 saturated carbocycles. The van der Waals surface area contributed by atoms with Crippen molar-refractivity contribution in [3.05, 3.63) is 42.2 Å². The van der Waals surface area contributed by atoms with E-state index in [9.17, 15) is 4.79 Å². The number of nitrogens with zero attached hydrogens (tertiary/aromatic N) is 2. The molecule has 0 radical (unpaired) electrons. The van der Waals surface area contributed by atoms with E-state index in [2.05, 4.69) is 25.9 Å². The Balaban J connectivity index is 2.01. The van der Waals surface area contributed by atoms with Gasteiger partial charge in [0.25, 0.3) is 0 Å². The zero-order chi connectivity index (χ0) is 15.5. The Morgan fingerprint density at radius 3 is 2.76 bits per heavy atom. The Morgan fingerprint density at radius 1 is 1.33 bits per heavy atom. The van der Waals surface area contributed by atoms with E-state index in [4.69, 9.17) is 10.5 Å². The van der Waals surface area contributed by atoms with Crippen molar-refractivity contribution in [3.8, 4) is 5.69 Å². The fourth-order valence-corrected chi connectivity index (χ4v) is 1.77. The monoisotopic (exact) mass is 287 g/mol. The maximum atomic E-state index is 11.9. The van der Waals surface area contributed by atoms with Crippen molar-refractivity contribution in [1.29, 1.82) is 0 Å². The third kappa shape index (κ3) is 4.34. The van der Waals surface area contributed by atoms with Gasteiger partial charge in [-0.1, -0.05) is 26.8 Å². The van der Waals surface area contributed by atoms with Crippen LogP contribution in [0.15, 0.2) is 36.5 Å². The molecule has 0 amide bonds. The van der Waals surface area contributed by atoms with Gasteiger partial charge in [-0.15, -0.1) is 0 Å². The van der Waals surface area contributed by atoms with Gasteiger partial charge in [-0.3, -0.25) is 0 Å². The van der Waals surface area contributed by atoms with Crippen molar-refractivity contribution in [2.24, 2.45) is 5.41 Å². The average molecular weight is 287 g/mol. The van der Waals surface area contributed by atoms with Crippen LogP contribution in [0.1, 0.15) is 37.7 Å². The molecule has 0 atom stereocenters. The molecule has 21 heavy (non-hydrogen) atoms. The van der Waals surface area contributed by atoms with Gasteiger partial charge in [-0.25, -0.2) is 9.48 Å². The first-order valence-corrected chi connectivity index (χ1v) is 6.94. The van der Waals surface area contributed by atoms with Crippen molar-refractivity contribution in [2.75, 3.05) is 12.3 Å². The van der Waals surface area contributed by atoms with Crippen LogP contribution in [-0.2, 0) is 4.74 Å². The molecule has 0 saturated heterocycles. The van der Waals surface area contributed by atoms with E-state index in [1.165, 1.54) is 0 Å². The Morgan fingerprint density at radius 2 is 2.10 bits per heavy atom. The van der Waals surface area contributed by atoms with Crippen LogP contribution in [0.25, 0.3) is 5.69 Å². The lowest BCUT2D eigenvalue weighted by Gasteiger charge is -2.17. The normalized spacial score (nSPS) is 11.4. The topological polar surface area (TPSA) is 70.1 Å². The van der Waals surface area contributed by atoms with Crippen molar-refractivity contribution in [1.82, 2.24) is 9.78 Å². The Labute approximate surface area is 124 Å². The molecule has 1 aromatic heterocycles. The number of hydrogen-bond donors (Lipinski definition) is 1.